The van der Waals surface area contributed by atoms with E-state index < -0.39 is 42.2 Å². The molecule has 0 bridgehead atoms. The van der Waals surface area contributed by atoms with E-state index in [4.69, 9.17) is 34.5 Å². The summed E-state index contributed by atoms with van der Waals surface area (Å²) in [5.41, 5.74) is -0.437. The van der Waals surface area contributed by atoms with Gasteiger partial charge in [-0.25, -0.2) is 4.98 Å². The topological polar surface area (TPSA) is 224 Å². The van der Waals surface area contributed by atoms with E-state index in [1.165, 1.54) is 10.9 Å². The first kappa shape index (κ1) is 33.6. The maximum Gasteiger partial charge on any atom is 0.280 e. The number of imidazole rings is 1. The van der Waals surface area contributed by atoms with Crippen LogP contribution in [0.3, 0.4) is 0 Å². The molecule has 0 radical (unpaired) electrons. The van der Waals surface area contributed by atoms with Crippen LogP contribution >= 0.6 is 0 Å². The van der Waals surface area contributed by atoms with Gasteiger partial charge in [0, 0.05) is 35.6 Å². The monoisotopic (exact) mass is 619 g/mol. The molecule has 2 aromatic rings. The number of hydrogen-bond acceptors (Lipinski definition) is 13. The van der Waals surface area contributed by atoms with Crippen LogP contribution in [0.25, 0.3) is 11.2 Å². The van der Waals surface area contributed by atoms with Crippen molar-refractivity contribution in [3.63, 3.8) is 0 Å². The van der Waals surface area contributed by atoms with Crippen LogP contribution < -0.4 is 10.9 Å². The number of amides is 1. The molecule has 2 aromatic heterocycles. The first-order valence-corrected chi connectivity index (χ1v) is 15.0. The summed E-state index contributed by atoms with van der Waals surface area (Å²) < 4.78 is 31.9. The molecule has 2 unspecified atom stereocenters. The van der Waals surface area contributed by atoms with Gasteiger partial charge in [-0.3, -0.25) is 29.3 Å². The Hall–Kier alpha value is -3.33. The van der Waals surface area contributed by atoms with Gasteiger partial charge in [0.2, 0.25) is 17.6 Å². The van der Waals surface area contributed by atoms with Gasteiger partial charge in [0.25, 0.3) is 5.56 Å². The van der Waals surface area contributed by atoms with Gasteiger partial charge in [-0.05, 0) is 32.1 Å². The van der Waals surface area contributed by atoms with Gasteiger partial charge in [-0.15, -0.1) is 0 Å². The molecule has 16 nitrogen and oxygen atoms in total. The van der Waals surface area contributed by atoms with Crippen LogP contribution in [0, 0.1) is 22.6 Å². The van der Waals surface area contributed by atoms with Crippen LogP contribution in [0.15, 0.2) is 11.1 Å². The molecule has 1 amide bonds. The number of aliphatic hydroxyl groups excluding tert-OH is 1. The number of anilines is 1. The summed E-state index contributed by atoms with van der Waals surface area (Å²) in [4.78, 5) is 49.3. The lowest BCUT2D eigenvalue weighted by atomic mass is 9.94. The van der Waals surface area contributed by atoms with Crippen molar-refractivity contribution in [2.45, 2.75) is 103 Å². The predicted octanol–water partition coefficient (Wildman–Crippen LogP) is 2.05. The van der Waals surface area contributed by atoms with Crippen molar-refractivity contribution < 1.29 is 38.4 Å². The molecule has 5 heterocycles. The second-order valence-electron chi connectivity index (χ2n) is 11.7. The number of aromatic amines is 1. The zero-order chi connectivity index (χ0) is 32.0. The number of ether oxygens (including phenoxy) is 5. The quantitative estimate of drug-likeness (QED) is 0.324. The van der Waals surface area contributed by atoms with E-state index in [9.17, 15) is 19.5 Å². The third kappa shape index (κ3) is 7.14. The molecule has 0 spiro atoms. The van der Waals surface area contributed by atoms with E-state index in [-0.39, 0.29) is 47.2 Å². The summed E-state index contributed by atoms with van der Waals surface area (Å²) in [5.74, 6) is -2.56. The van der Waals surface area contributed by atoms with Crippen molar-refractivity contribution in [1.29, 1.82) is 10.8 Å². The molecule has 3 aliphatic rings. The van der Waals surface area contributed by atoms with Gasteiger partial charge in [-0.1, -0.05) is 27.7 Å². The standard InChI is InChI=1S/C28H41N5O9.N2/c1-15(2)22(35)28(10-6-8-12-39-28)40-13-17-21(42-18-9-5-7-11-38-18)20(34)26(41-17)33-14-29-19-23(33)30-27(32-25(19)37)31-24(36)16(3)4;1-2/h14-18,20-21,26,34H,5-13H2,1-4H3,(H2,30,31,32,36,37);/t17-,18?,20+,21-,26-,28?;/m1./s1. The van der Waals surface area contributed by atoms with Gasteiger partial charge < -0.3 is 28.8 Å². The van der Waals surface area contributed by atoms with Gasteiger partial charge in [0.05, 0.1) is 19.5 Å². The number of carbonyl (C=O) groups excluding carboxylic acids is 2. The number of hydrogen-bond donors (Lipinski definition) is 3. The molecule has 0 saturated carbocycles. The van der Waals surface area contributed by atoms with Gasteiger partial charge in [-0.2, -0.15) is 4.98 Å². The summed E-state index contributed by atoms with van der Waals surface area (Å²) in [5, 5.41) is 26.1. The van der Waals surface area contributed by atoms with E-state index in [1.807, 2.05) is 0 Å². The Morgan fingerprint density at radius 3 is 2.57 bits per heavy atom. The molecule has 0 aliphatic carbocycles. The number of carbonyl (C=O) groups is 2. The fourth-order valence-corrected chi connectivity index (χ4v) is 5.48. The van der Waals surface area contributed by atoms with Crippen molar-refractivity contribution in [3.05, 3.63) is 16.7 Å². The van der Waals surface area contributed by atoms with E-state index in [1.54, 1.807) is 27.7 Å². The lowest BCUT2D eigenvalue weighted by Crippen LogP contribution is -2.51. The van der Waals surface area contributed by atoms with Crippen LogP contribution in [0.4, 0.5) is 5.95 Å². The normalized spacial score (nSPS) is 29.0. The maximum absolute atomic E-state index is 13.2. The van der Waals surface area contributed by atoms with E-state index in [0.29, 0.717) is 26.1 Å². The second kappa shape index (κ2) is 14.6. The molecule has 3 fully saturated rings. The minimum Gasteiger partial charge on any atom is -0.386 e. The summed E-state index contributed by atoms with van der Waals surface area (Å²) in [6.45, 7) is 7.90. The smallest absolute Gasteiger partial charge is 0.280 e. The van der Waals surface area contributed by atoms with Crippen LogP contribution in [0.2, 0.25) is 0 Å². The highest BCUT2D eigenvalue weighted by molar-refractivity contribution is 5.91. The molecule has 3 N–H and O–H groups in total. The first-order valence-electron chi connectivity index (χ1n) is 15.0. The molecule has 3 saturated heterocycles. The van der Waals surface area contributed by atoms with E-state index >= 15 is 0 Å². The lowest BCUT2D eigenvalue weighted by molar-refractivity contribution is -0.262. The van der Waals surface area contributed by atoms with E-state index in [2.05, 4.69) is 20.3 Å². The summed E-state index contributed by atoms with van der Waals surface area (Å²) in [6.07, 6.45) is 1.32. The molecular formula is C28H41N7O9. The average Bonchev–Trinajstić information content (AvgIpc) is 3.58. The van der Waals surface area contributed by atoms with Crippen molar-refractivity contribution in [3.8, 4) is 0 Å². The SMILES string of the molecule is CC(C)C(=O)Nc1nc2c(ncn2[C@@H]2O[C@H](COC3(C(=O)C(C)C)CCCCO3)[C@@H](OC3CCCCO3)[C@@H]2O)c(=O)[nH]1.N#N. The molecule has 16 heteroatoms. The third-order valence-corrected chi connectivity index (χ3v) is 7.84. The van der Waals surface area contributed by atoms with Crippen LogP contribution in [-0.2, 0) is 33.3 Å². The number of nitrogens with one attached hydrogen (secondary N) is 2. The fraction of sp³-hybridized carbons (Fsp3) is 0.750. The number of nitrogens with zero attached hydrogens (tertiary/aromatic N) is 5. The van der Waals surface area contributed by atoms with Crippen molar-refractivity contribution in [2.24, 2.45) is 11.8 Å². The fourth-order valence-electron chi connectivity index (χ4n) is 5.48. The number of ketones is 1. The Morgan fingerprint density at radius 1 is 1.18 bits per heavy atom. The minimum absolute atomic E-state index is 0.0122. The zero-order valence-electron chi connectivity index (χ0n) is 25.4. The van der Waals surface area contributed by atoms with Crippen molar-refractivity contribution in [2.75, 3.05) is 25.1 Å². The lowest BCUT2D eigenvalue weighted by Gasteiger charge is -2.38. The number of aliphatic hydroxyl groups is 1. The Kier molecular flexibility index (Phi) is 11.2. The van der Waals surface area contributed by atoms with Crippen LogP contribution in [0.1, 0.15) is 72.4 Å². The summed E-state index contributed by atoms with van der Waals surface area (Å²) >= 11 is 0. The van der Waals surface area contributed by atoms with Crippen molar-refractivity contribution >= 4 is 28.8 Å². The molecular weight excluding hydrogens is 578 g/mol. The van der Waals surface area contributed by atoms with E-state index in [0.717, 1.165) is 25.7 Å². The number of H-pyrrole nitrogens is 1. The Bertz CT molecular complexity index is 1360. The van der Waals surface area contributed by atoms with Crippen molar-refractivity contribution in [1.82, 2.24) is 19.5 Å². The number of Topliss-reactive ketones (excluding diaryl/α,β-unsaturated/α-hetero) is 1. The number of rotatable bonds is 10. The number of fused-ring (bicyclic) bond motifs is 1. The molecule has 0 aromatic carbocycles. The molecule has 6 atom stereocenters. The molecule has 242 valence electrons. The third-order valence-electron chi connectivity index (χ3n) is 7.84. The largest absolute Gasteiger partial charge is 0.386 e. The van der Waals surface area contributed by atoms with Crippen LogP contribution in [0.5, 0.6) is 0 Å². The predicted molar refractivity (Wildman–Crippen MR) is 152 cm³/mol. The summed E-state index contributed by atoms with van der Waals surface area (Å²) in [6, 6.07) is 0. The van der Waals surface area contributed by atoms with Crippen LogP contribution in [-0.4, -0.2) is 86.5 Å². The highest BCUT2D eigenvalue weighted by Gasteiger charge is 2.50. The number of aromatic nitrogens is 4. The average molecular weight is 620 g/mol. The maximum atomic E-state index is 13.2. The second-order valence-corrected chi connectivity index (χ2v) is 11.7. The highest BCUT2D eigenvalue weighted by atomic mass is 16.7. The zero-order valence-corrected chi connectivity index (χ0v) is 25.4. The summed E-state index contributed by atoms with van der Waals surface area (Å²) in [7, 11) is 0. The molecule has 3 aliphatic heterocycles. The Balaban J connectivity index is 0.00000216. The van der Waals surface area contributed by atoms with Gasteiger partial charge in [0.1, 0.15) is 18.3 Å². The Labute approximate surface area is 254 Å². The minimum atomic E-state index is -1.40. The van der Waals surface area contributed by atoms with Gasteiger partial charge >= 0.3 is 0 Å². The van der Waals surface area contributed by atoms with Gasteiger partial charge in [0.15, 0.2) is 29.5 Å². The first-order chi connectivity index (χ1) is 21.1. The molecule has 44 heavy (non-hydrogen) atoms. The Morgan fingerprint density at radius 2 is 1.93 bits per heavy atom. The highest BCUT2D eigenvalue weighted by Crippen LogP contribution is 2.37. The molecule has 5 rings (SSSR count).